The van der Waals surface area contributed by atoms with E-state index in [1.165, 1.54) is 4.68 Å². The summed E-state index contributed by atoms with van der Waals surface area (Å²) < 4.78 is 26.2. The molecule has 1 amide bonds. The first-order valence-electron chi connectivity index (χ1n) is 13.6. The Balaban J connectivity index is 1.58. The number of amides is 1. The van der Waals surface area contributed by atoms with Crippen LogP contribution in [0.25, 0.3) is 44.5 Å². The zero-order valence-electron chi connectivity index (χ0n) is 22.6. The Hall–Kier alpha value is -4.25. The maximum absolute atomic E-state index is 15.1. The summed E-state index contributed by atoms with van der Waals surface area (Å²) in [6.07, 6.45) is 5.60. The Morgan fingerprint density at radius 3 is 2.88 bits per heavy atom. The molecule has 3 atom stereocenters. The Morgan fingerprint density at radius 2 is 2.10 bits per heavy atom. The summed E-state index contributed by atoms with van der Waals surface area (Å²) in [5.41, 5.74) is 5.30. The molecule has 4 bridgehead atoms. The lowest BCUT2D eigenvalue weighted by atomic mass is 9.90. The zero-order valence-corrected chi connectivity index (χ0v) is 22.6. The van der Waals surface area contributed by atoms with Gasteiger partial charge in [-0.1, -0.05) is 18.2 Å². The van der Waals surface area contributed by atoms with Crippen molar-refractivity contribution < 1.29 is 13.9 Å². The zero-order chi connectivity index (χ0) is 27.7. The summed E-state index contributed by atoms with van der Waals surface area (Å²) in [4.78, 5) is 34.8. The van der Waals surface area contributed by atoms with E-state index in [-0.39, 0.29) is 29.5 Å². The molecular formula is C29H30FN7O3. The van der Waals surface area contributed by atoms with Crippen LogP contribution < -0.4 is 11.0 Å². The van der Waals surface area contributed by atoms with Gasteiger partial charge in [0.25, 0.3) is 0 Å². The molecule has 0 spiro atoms. The second-order valence-electron chi connectivity index (χ2n) is 11.0. The summed E-state index contributed by atoms with van der Waals surface area (Å²) in [7, 11) is 5.09. The molecule has 2 N–H and O–H groups in total. The molecule has 206 valence electrons. The number of halogens is 1. The number of pyridine rings is 1. The molecule has 2 aliphatic rings. The van der Waals surface area contributed by atoms with Crippen molar-refractivity contribution in [1.29, 1.82) is 0 Å². The number of hydrogen-bond donors (Lipinski definition) is 2. The highest BCUT2D eigenvalue weighted by atomic mass is 19.1. The molecule has 11 heteroatoms. The molecule has 1 aliphatic heterocycles. The molecule has 0 saturated heterocycles. The number of carbonyl (C=O) groups is 1. The number of imidazole rings is 1. The minimum atomic E-state index is -0.593. The molecule has 1 unspecified atom stereocenters. The van der Waals surface area contributed by atoms with Crippen molar-refractivity contribution in [2.75, 3.05) is 13.7 Å². The lowest BCUT2D eigenvalue weighted by molar-refractivity contribution is -0.128. The van der Waals surface area contributed by atoms with Gasteiger partial charge in [0, 0.05) is 38.9 Å². The highest BCUT2D eigenvalue weighted by Crippen LogP contribution is 2.45. The van der Waals surface area contributed by atoms with E-state index in [0.717, 1.165) is 40.4 Å². The molecule has 1 saturated carbocycles. The number of hydrogen-bond acceptors (Lipinski definition) is 5. The van der Waals surface area contributed by atoms with Crippen molar-refractivity contribution in [3.8, 4) is 22.4 Å². The molecule has 1 aromatic carbocycles. The number of aromatic amines is 1. The van der Waals surface area contributed by atoms with Crippen LogP contribution in [0.3, 0.4) is 0 Å². The Labute approximate surface area is 228 Å². The van der Waals surface area contributed by atoms with Gasteiger partial charge in [0.2, 0.25) is 11.9 Å². The minimum absolute atomic E-state index is 0.0422. The van der Waals surface area contributed by atoms with Crippen LogP contribution in [0.4, 0.5) is 4.39 Å². The van der Waals surface area contributed by atoms with Crippen LogP contribution in [0.1, 0.15) is 30.9 Å². The van der Waals surface area contributed by atoms with Gasteiger partial charge >= 0.3 is 5.69 Å². The average Bonchev–Trinajstić information content (AvgIpc) is 3.70. The number of benzene rings is 1. The van der Waals surface area contributed by atoms with Crippen LogP contribution in [-0.2, 0) is 30.2 Å². The van der Waals surface area contributed by atoms with Crippen molar-refractivity contribution in [2.45, 2.75) is 31.9 Å². The number of aromatic nitrogens is 6. The van der Waals surface area contributed by atoms with E-state index in [1.54, 1.807) is 38.1 Å². The van der Waals surface area contributed by atoms with Crippen LogP contribution in [0.5, 0.6) is 0 Å². The van der Waals surface area contributed by atoms with E-state index >= 15 is 4.39 Å². The van der Waals surface area contributed by atoms with Crippen molar-refractivity contribution in [2.24, 2.45) is 25.9 Å². The fourth-order valence-corrected chi connectivity index (χ4v) is 6.76. The molecule has 0 radical (unpaired) electrons. The van der Waals surface area contributed by atoms with Crippen LogP contribution in [0.2, 0.25) is 0 Å². The van der Waals surface area contributed by atoms with Crippen molar-refractivity contribution in [1.82, 2.24) is 34.2 Å². The van der Waals surface area contributed by atoms with Crippen LogP contribution in [0.15, 0.2) is 41.5 Å². The van der Waals surface area contributed by atoms with Gasteiger partial charge in [-0.15, -0.1) is 5.10 Å². The monoisotopic (exact) mass is 543 g/mol. The summed E-state index contributed by atoms with van der Waals surface area (Å²) in [5.74, 6) is -0.870. The first-order chi connectivity index (χ1) is 19.4. The number of nitrogens with one attached hydrogen (secondary N) is 2. The molecular weight excluding hydrogens is 513 g/mol. The van der Waals surface area contributed by atoms with E-state index < -0.39 is 5.95 Å². The molecule has 4 aromatic heterocycles. The number of aryl methyl sites for hydroxylation is 2. The molecule has 40 heavy (non-hydrogen) atoms. The van der Waals surface area contributed by atoms with E-state index in [9.17, 15) is 9.59 Å². The van der Waals surface area contributed by atoms with E-state index in [4.69, 9.17) is 9.72 Å². The smallest absolute Gasteiger partial charge is 0.329 e. The standard InChI is InChI=1S/C29H30FN7O3/c1-31-28(38)20-14-40-13-15-5-4-6-17(9-15)22-23-25-21(36(3)29(39)37(25)18-8-7-16(20)10-18)11-32-27(23)33-24(22)19-12-35(2)34-26(19)30/h4-6,9,11-12,16,18,20H,7-8,10,13-14H2,1-3H3,(H,31,38)(H,32,33)/t16-,18-,20?/m1/s1. The number of rotatable bonds is 2. The fourth-order valence-electron chi connectivity index (χ4n) is 6.76. The second kappa shape index (κ2) is 9.16. The third-order valence-corrected chi connectivity index (χ3v) is 8.67. The highest BCUT2D eigenvalue weighted by molar-refractivity contribution is 6.14. The van der Waals surface area contributed by atoms with Crippen molar-refractivity contribution >= 4 is 28.0 Å². The second-order valence-corrected chi connectivity index (χ2v) is 11.0. The van der Waals surface area contributed by atoms with Crippen LogP contribution in [0, 0.1) is 17.8 Å². The number of H-pyrrole nitrogens is 1. The largest absolute Gasteiger partial charge is 0.376 e. The molecule has 7 rings (SSSR count). The van der Waals surface area contributed by atoms with Crippen LogP contribution in [-0.4, -0.2) is 48.4 Å². The summed E-state index contributed by atoms with van der Waals surface area (Å²) >= 11 is 0. The lowest BCUT2D eigenvalue weighted by Crippen LogP contribution is -2.35. The van der Waals surface area contributed by atoms with Gasteiger partial charge in [-0.05, 0) is 42.4 Å². The van der Waals surface area contributed by atoms with Crippen LogP contribution >= 0.6 is 0 Å². The molecule has 5 heterocycles. The molecule has 1 fully saturated rings. The van der Waals surface area contributed by atoms with Gasteiger partial charge in [0.15, 0.2) is 0 Å². The van der Waals surface area contributed by atoms with Gasteiger partial charge < -0.3 is 15.0 Å². The minimum Gasteiger partial charge on any atom is -0.376 e. The topological polar surface area (TPSA) is 112 Å². The van der Waals surface area contributed by atoms with Gasteiger partial charge in [0.1, 0.15) is 5.65 Å². The maximum Gasteiger partial charge on any atom is 0.329 e. The normalized spacial score (nSPS) is 20.9. The van der Waals surface area contributed by atoms with E-state index in [0.29, 0.717) is 42.1 Å². The first-order valence-corrected chi connectivity index (χ1v) is 13.6. The third kappa shape index (κ3) is 3.64. The van der Waals surface area contributed by atoms with Crippen molar-refractivity contribution in [3.63, 3.8) is 0 Å². The van der Waals surface area contributed by atoms with E-state index in [1.807, 2.05) is 28.8 Å². The van der Waals surface area contributed by atoms with Crippen molar-refractivity contribution in [3.05, 3.63) is 58.7 Å². The highest BCUT2D eigenvalue weighted by Gasteiger charge is 2.38. The van der Waals surface area contributed by atoms with E-state index in [2.05, 4.69) is 15.4 Å². The third-order valence-electron chi connectivity index (χ3n) is 8.67. The van der Waals surface area contributed by atoms with Gasteiger partial charge in [0.05, 0.1) is 53.0 Å². The Bertz CT molecular complexity index is 1860. The number of nitrogens with zero attached hydrogens (tertiary/aromatic N) is 5. The molecule has 5 aromatic rings. The fraction of sp³-hybridized carbons (Fsp3) is 0.379. The lowest BCUT2D eigenvalue weighted by Gasteiger charge is -2.23. The summed E-state index contributed by atoms with van der Waals surface area (Å²) in [6.45, 7) is 0.627. The predicted octanol–water partition coefficient (Wildman–Crippen LogP) is 3.66. The first kappa shape index (κ1) is 24.8. The summed E-state index contributed by atoms with van der Waals surface area (Å²) in [5, 5.41) is 7.51. The maximum atomic E-state index is 15.1. The number of ether oxygens (including phenoxy) is 1. The predicted molar refractivity (Wildman–Crippen MR) is 148 cm³/mol. The van der Waals surface area contributed by atoms with Gasteiger partial charge in [-0.3, -0.25) is 18.6 Å². The molecule has 10 nitrogen and oxygen atoms in total. The summed E-state index contributed by atoms with van der Waals surface area (Å²) in [6, 6.07) is 7.79. The van der Waals surface area contributed by atoms with Gasteiger partial charge in [-0.25, -0.2) is 9.78 Å². The Morgan fingerprint density at radius 1 is 1.25 bits per heavy atom. The molecule has 1 aliphatic carbocycles. The number of fused-ring (bicyclic) bond motifs is 6. The Kier molecular flexibility index (Phi) is 5.67. The number of carbonyl (C=O) groups excluding carboxylic acids is 1. The average molecular weight is 544 g/mol. The SMILES string of the molecule is CNC(=O)C1COCc2cccc(c2)-c2c(-c3cn(C)nc3F)[nH]c3ncc4c(c23)n(c(=O)n4C)[C@@H]2CC[C@@H]1C2. The van der Waals surface area contributed by atoms with Gasteiger partial charge in [-0.2, -0.15) is 4.39 Å². The quantitative estimate of drug-likeness (QED) is 0.353.